The number of benzene rings is 2. The highest BCUT2D eigenvalue weighted by molar-refractivity contribution is 6.08. The zero-order chi connectivity index (χ0) is 31.3. The predicted octanol–water partition coefficient (Wildman–Crippen LogP) is 5.60. The minimum absolute atomic E-state index is 0.105. The molecule has 2 amide bonds. The second kappa shape index (κ2) is 11.1. The van der Waals surface area contributed by atoms with Gasteiger partial charge in [0.25, 0.3) is 0 Å². The third-order valence-corrected chi connectivity index (χ3v) is 9.59. The lowest BCUT2D eigenvalue weighted by atomic mass is 9.71. The average Bonchev–Trinajstić information content (AvgIpc) is 3.73. The Hall–Kier alpha value is -5.53. The number of carbonyl (C=O) groups is 2. The van der Waals surface area contributed by atoms with Gasteiger partial charge in [-0.2, -0.15) is 0 Å². The van der Waals surface area contributed by atoms with Gasteiger partial charge in [-0.15, -0.1) is 0 Å². The fourth-order valence-electron chi connectivity index (χ4n) is 7.72. The molecule has 1 aliphatic heterocycles. The number of hydrogen-bond acceptors (Lipinski definition) is 6. The van der Waals surface area contributed by atoms with Crippen LogP contribution < -0.4 is 0 Å². The van der Waals surface area contributed by atoms with E-state index in [0.717, 1.165) is 22.4 Å². The van der Waals surface area contributed by atoms with Crippen molar-refractivity contribution in [2.45, 2.75) is 12.1 Å². The summed E-state index contributed by atoms with van der Waals surface area (Å²) in [6.07, 6.45) is 7.12. The SMILES string of the molecule is O=C1C2C3C=C(C(O)(c4ccccc4)c4ccccn4)C(/C3=C(/c3ccccc3)c3ccccn3)C2C(=O)N1Cc1ccccn1. The summed E-state index contributed by atoms with van der Waals surface area (Å²) in [6, 6.07) is 36.2. The molecule has 1 saturated carbocycles. The fraction of sp³-hybridized carbons (Fsp3) is 0.154. The summed E-state index contributed by atoms with van der Waals surface area (Å²) < 4.78 is 0. The van der Waals surface area contributed by atoms with Crippen LogP contribution in [0.4, 0.5) is 0 Å². The number of carbonyl (C=O) groups excluding carboxylic acids is 2. The molecule has 2 aromatic carbocycles. The maximum atomic E-state index is 14.5. The highest BCUT2D eigenvalue weighted by Gasteiger charge is 2.66. The number of imide groups is 1. The Labute approximate surface area is 266 Å². The van der Waals surface area contributed by atoms with Crippen molar-refractivity contribution < 1.29 is 14.7 Å². The minimum atomic E-state index is -1.65. The minimum Gasteiger partial charge on any atom is -0.375 e. The maximum Gasteiger partial charge on any atom is 0.234 e. The van der Waals surface area contributed by atoms with Gasteiger partial charge in [-0.05, 0) is 58.7 Å². The van der Waals surface area contributed by atoms with E-state index in [9.17, 15) is 14.7 Å². The molecule has 0 spiro atoms. The Morgan fingerprint density at radius 2 is 1.33 bits per heavy atom. The summed E-state index contributed by atoms with van der Waals surface area (Å²) in [5.74, 6) is -2.78. The average molecular weight is 603 g/mol. The van der Waals surface area contributed by atoms with Gasteiger partial charge in [0.05, 0.1) is 35.5 Å². The second-order valence-corrected chi connectivity index (χ2v) is 12.0. The Balaban J connectivity index is 1.37. The Bertz CT molecular complexity index is 1900. The summed E-state index contributed by atoms with van der Waals surface area (Å²) in [7, 11) is 0. The molecule has 5 unspecified atom stereocenters. The molecular weight excluding hydrogens is 572 g/mol. The van der Waals surface area contributed by atoms with E-state index in [1.54, 1.807) is 18.6 Å². The third kappa shape index (κ3) is 4.27. The van der Waals surface area contributed by atoms with E-state index < -0.39 is 29.3 Å². The molecule has 7 nitrogen and oxygen atoms in total. The lowest BCUT2D eigenvalue weighted by molar-refractivity contribution is -0.141. The van der Waals surface area contributed by atoms with E-state index in [1.165, 1.54) is 4.90 Å². The van der Waals surface area contributed by atoms with Crippen LogP contribution in [0.1, 0.15) is 28.2 Å². The molecule has 7 heteroatoms. The first-order valence-corrected chi connectivity index (χ1v) is 15.4. The molecule has 5 aromatic rings. The van der Waals surface area contributed by atoms with Crippen molar-refractivity contribution in [3.8, 4) is 0 Å². The summed E-state index contributed by atoms with van der Waals surface area (Å²) in [6.45, 7) is 0.105. The molecule has 8 rings (SSSR count). The quantitative estimate of drug-likeness (QED) is 0.193. The Morgan fingerprint density at radius 1 is 0.696 bits per heavy atom. The first-order valence-electron chi connectivity index (χ1n) is 15.4. The molecule has 2 bridgehead atoms. The predicted molar refractivity (Wildman–Crippen MR) is 172 cm³/mol. The van der Waals surface area contributed by atoms with Crippen LogP contribution in [0.5, 0.6) is 0 Å². The zero-order valence-electron chi connectivity index (χ0n) is 24.8. The van der Waals surface area contributed by atoms with Crippen molar-refractivity contribution in [3.63, 3.8) is 0 Å². The van der Waals surface area contributed by atoms with E-state index in [4.69, 9.17) is 4.98 Å². The van der Waals surface area contributed by atoms with Crippen LogP contribution in [-0.4, -0.2) is 36.8 Å². The fourth-order valence-corrected chi connectivity index (χ4v) is 7.72. The van der Waals surface area contributed by atoms with Gasteiger partial charge >= 0.3 is 0 Å². The van der Waals surface area contributed by atoms with Crippen molar-refractivity contribution in [2.75, 3.05) is 0 Å². The van der Waals surface area contributed by atoms with E-state index in [2.05, 4.69) is 9.97 Å². The van der Waals surface area contributed by atoms with E-state index >= 15 is 0 Å². The summed E-state index contributed by atoms with van der Waals surface area (Å²) in [5.41, 5.74) is 4.25. The molecule has 0 radical (unpaired) electrons. The van der Waals surface area contributed by atoms with Crippen LogP contribution in [0, 0.1) is 23.7 Å². The van der Waals surface area contributed by atoms with Gasteiger partial charge in [0.15, 0.2) is 5.60 Å². The number of aromatic nitrogens is 3. The van der Waals surface area contributed by atoms with Crippen molar-refractivity contribution in [3.05, 3.63) is 179 Å². The van der Waals surface area contributed by atoms with Gasteiger partial charge in [0.1, 0.15) is 0 Å². The van der Waals surface area contributed by atoms with Crippen LogP contribution in [-0.2, 0) is 21.7 Å². The first-order chi connectivity index (χ1) is 22.6. The van der Waals surface area contributed by atoms with Gasteiger partial charge in [-0.3, -0.25) is 29.4 Å². The number of fused-ring (bicyclic) bond motifs is 5. The topological polar surface area (TPSA) is 96.3 Å². The van der Waals surface area contributed by atoms with Crippen molar-refractivity contribution in [2.24, 2.45) is 23.7 Å². The molecule has 5 atom stereocenters. The summed E-state index contributed by atoms with van der Waals surface area (Å²) in [5, 5.41) is 13.0. The highest BCUT2D eigenvalue weighted by Crippen LogP contribution is 2.64. The number of aliphatic hydroxyl groups is 1. The van der Waals surface area contributed by atoms with Crippen LogP contribution in [0.15, 0.2) is 151 Å². The molecule has 2 fully saturated rings. The Morgan fingerprint density at radius 3 is 1.98 bits per heavy atom. The van der Waals surface area contributed by atoms with Crippen molar-refractivity contribution in [1.82, 2.24) is 19.9 Å². The van der Waals surface area contributed by atoms with Crippen molar-refractivity contribution in [1.29, 1.82) is 0 Å². The number of nitrogens with zero attached hydrogens (tertiary/aromatic N) is 4. The third-order valence-electron chi connectivity index (χ3n) is 9.59. The summed E-state index contributed by atoms with van der Waals surface area (Å²) in [4.78, 5) is 43.9. The molecule has 2 aliphatic carbocycles. The van der Waals surface area contributed by atoms with E-state index in [-0.39, 0.29) is 18.4 Å². The molecule has 4 heterocycles. The summed E-state index contributed by atoms with van der Waals surface area (Å²) >= 11 is 0. The standard InChI is InChI=1S/C39H30N4O3/c44-37-34-28-23-29(39(46,26-15-5-2-6-16-26)31-19-9-12-22-42-31)35(36(34)38(45)43(37)24-27-17-7-10-20-40-27)33(28)32(25-13-3-1-4-14-25)30-18-8-11-21-41-30/h1-23,28,34-36,46H,24H2/b33-32-. The number of hydrogen-bond donors (Lipinski definition) is 1. The smallest absolute Gasteiger partial charge is 0.234 e. The van der Waals surface area contributed by atoms with Gasteiger partial charge in [0.2, 0.25) is 11.8 Å². The van der Waals surface area contributed by atoms with Gasteiger partial charge < -0.3 is 5.11 Å². The second-order valence-electron chi connectivity index (χ2n) is 12.0. The normalized spacial score (nSPS) is 24.0. The van der Waals surface area contributed by atoms with Crippen LogP contribution in [0.3, 0.4) is 0 Å². The Kier molecular flexibility index (Phi) is 6.76. The van der Waals surface area contributed by atoms with Gasteiger partial charge in [-0.25, -0.2) is 0 Å². The van der Waals surface area contributed by atoms with Gasteiger partial charge in [-0.1, -0.05) is 84.9 Å². The number of amides is 2. The number of rotatable bonds is 7. The lowest BCUT2D eigenvalue weighted by Gasteiger charge is -2.36. The van der Waals surface area contributed by atoms with Crippen LogP contribution in [0.2, 0.25) is 0 Å². The molecule has 1 N–H and O–H groups in total. The van der Waals surface area contributed by atoms with Crippen LogP contribution in [0.25, 0.3) is 5.57 Å². The number of allylic oxidation sites excluding steroid dienone is 2. The van der Waals surface area contributed by atoms with E-state index in [0.29, 0.717) is 22.5 Å². The molecular formula is C39H30N4O3. The van der Waals surface area contributed by atoms with Gasteiger partial charge in [0, 0.05) is 36.0 Å². The lowest BCUT2D eigenvalue weighted by Crippen LogP contribution is -2.38. The molecule has 3 aliphatic rings. The molecule has 46 heavy (non-hydrogen) atoms. The highest BCUT2D eigenvalue weighted by atomic mass is 16.3. The van der Waals surface area contributed by atoms with Crippen LogP contribution >= 0.6 is 0 Å². The van der Waals surface area contributed by atoms with E-state index in [1.807, 2.05) is 121 Å². The molecule has 1 saturated heterocycles. The number of pyridine rings is 3. The molecule has 224 valence electrons. The monoisotopic (exact) mass is 602 g/mol. The number of likely N-dealkylation sites (tertiary alicyclic amines) is 1. The first kappa shape index (κ1) is 28.0. The van der Waals surface area contributed by atoms with Crippen molar-refractivity contribution >= 4 is 17.4 Å². The largest absolute Gasteiger partial charge is 0.375 e. The molecule has 3 aromatic heterocycles. The maximum absolute atomic E-state index is 14.5. The zero-order valence-corrected chi connectivity index (χ0v) is 24.8.